The number of ether oxygens (including phenoxy) is 1. The molecule has 0 atom stereocenters. The molecule has 2 aromatic rings. The Morgan fingerprint density at radius 2 is 1.48 bits per heavy atom. The van der Waals surface area contributed by atoms with Crippen LogP contribution in [0.4, 0.5) is 4.39 Å². The highest BCUT2D eigenvalue weighted by atomic mass is 19.1. The summed E-state index contributed by atoms with van der Waals surface area (Å²) in [4.78, 5) is 0. The van der Waals surface area contributed by atoms with Gasteiger partial charge in [0.15, 0.2) is 0 Å². The molecule has 0 fully saturated rings. The summed E-state index contributed by atoms with van der Waals surface area (Å²) in [5.41, 5.74) is 2.22. The van der Waals surface area contributed by atoms with Crippen LogP contribution >= 0.6 is 0 Å². The zero-order valence-electron chi connectivity index (χ0n) is 15.4. The van der Waals surface area contributed by atoms with E-state index in [0.29, 0.717) is 6.42 Å². The Balaban J connectivity index is 1.88. The Labute approximate surface area is 151 Å². The number of benzene rings is 2. The number of halogens is 1. The topological polar surface area (TPSA) is 9.23 Å². The van der Waals surface area contributed by atoms with Crippen LogP contribution in [0.5, 0.6) is 11.5 Å². The van der Waals surface area contributed by atoms with Gasteiger partial charge in [-0.15, -0.1) is 0 Å². The molecule has 2 rings (SSSR count). The summed E-state index contributed by atoms with van der Waals surface area (Å²) in [6.45, 7) is 4.21. The molecule has 0 radical (unpaired) electrons. The van der Waals surface area contributed by atoms with Crippen molar-refractivity contribution in [1.29, 1.82) is 0 Å². The minimum atomic E-state index is -0.0781. The molecule has 0 spiro atoms. The highest BCUT2D eigenvalue weighted by molar-refractivity contribution is 5.52. The zero-order valence-corrected chi connectivity index (χ0v) is 15.4. The highest BCUT2D eigenvalue weighted by Crippen LogP contribution is 2.23. The van der Waals surface area contributed by atoms with Gasteiger partial charge in [-0.05, 0) is 67.2 Å². The lowest BCUT2D eigenvalue weighted by Gasteiger charge is -2.07. The molecule has 2 aromatic carbocycles. The fraction of sp³-hybridized carbons (Fsp3) is 0.391. The van der Waals surface area contributed by atoms with Crippen LogP contribution in [0.1, 0.15) is 63.5 Å². The molecule has 134 valence electrons. The van der Waals surface area contributed by atoms with Gasteiger partial charge in [-0.25, -0.2) is 4.39 Å². The molecule has 0 saturated carbocycles. The maximum atomic E-state index is 13.5. The van der Waals surface area contributed by atoms with E-state index in [0.717, 1.165) is 29.9 Å². The average Bonchev–Trinajstić information content (AvgIpc) is 2.62. The first-order valence-corrected chi connectivity index (χ1v) is 9.44. The number of allylic oxidation sites excluding steroid dienone is 1. The molecule has 0 aliphatic rings. The minimum Gasteiger partial charge on any atom is -0.457 e. The van der Waals surface area contributed by atoms with Crippen LogP contribution in [0.3, 0.4) is 0 Å². The van der Waals surface area contributed by atoms with Gasteiger partial charge in [0.25, 0.3) is 0 Å². The monoisotopic (exact) mass is 340 g/mol. The molecule has 0 amide bonds. The van der Waals surface area contributed by atoms with Crippen LogP contribution < -0.4 is 4.74 Å². The second-order valence-electron chi connectivity index (χ2n) is 6.47. The van der Waals surface area contributed by atoms with Gasteiger partial charge in [-0.1, -0.05) is 57.4 Å². The first kappa shape index (κ1) is 19.2. The average molecular weight is 340 g/mol. The van der Waals surface area contributed by atoms with Gasteiger partial charge in [0.05, 0.1) is 0 Å². The molecular weight excluding hydrogens is 311 g/mol. The largest absolute Gasteiger partial charge is 0.457 e. The predicted octanol–water partition coefficient (Wildman–Crippen LogP) is 7.71. The lowest BCUT2D eigenvalue weighted by molar-refractivity contribution is 0.482. The summed E-state index contributed by atoms with van der Waals surface area (Å²) in [7, 11) is 0. The molecule has 2 heteroatoms. The molecule has 0 saturated heterocycles. The molecule has 1 nitrogen and oxygen atoms in total. The number of aryl methyl sites for hydroxylation is 1. The standard InChI is InChI=1S/C23H29FO/c1-3-5-6-7-9-19-10-14-22(15-11-19)25-23-16-12-20(13-17-23)18-21(24)8-4-2/h10-18H,3-9H2,1-2H3/b21-18+. The molecule has 0 N–H and O–H groups in total. The van der Waals surface area contributed by atoms with Crippen LogP contribution in [0.2, 0.25) is 0 Å². The van der Waals surface area contributed by atoms with Crippen molar-refractivity contribution in [2.45, 2.75) is 58.8 Å². The fourth-order valence-electron chi connectivity index (χ4n) is 2.74. The van der Waals surface area contributed by atoms with E-state index in [1.165, 1.54) is 31.2 Å². The summed E-state index contributed by atoms with van der Waals surface area (Å²) in [5.74, 6) is 1.52. The molecule has 0 aliphatic carbocycles. The first-order chi connectivity index (χ1) is 12.2. The Hall–Kier alpha value is -2.09. The van der Waals surface area contributed by atoms with E-state index in [2.05, 4.69) is 19.1 Å². The third-order valence-electron chi connectivity index (χ3n) is 4.17. The Bertz CT molecular complexity index is 641. The molecule has 0 unspecified atom stereocenters. The van der Waals surface area contributed by atoms with Gasteiger partial charge >= 0.3 is 0 Å². The predicted molar refractivity (Wildman–Crippen MR) is 105 cm³/mol. The minimum absolute atomic E-state index is 0.0781. The van der Waals surface area contributed by atoms with E-state index in [-0.39, 0.29) is 5.83 Å². The van der Waals surface area contributed by atoms with E-state index in [1.807, 2.05) is 43.3 Å². The Kier molecular flexibility index (Phi) is 8.24. The van der Waals surface area contributed by atoms with Crippen LogP contribution in [-0.2, 0) is 6.42 Å². The van der Waals surface area contributed by atoms with Gasteiger partial charge in [0, 0.05) is 0 Å². The number of unbranched alkanes of at least 4 members (excludes halogenated alkanes) is 3. The zero-order chi connectivity index (χ0) is 17.9. The maximum absolute atomic E-state index is 13.5. The summed E-state index contributed by atoms with van der Waals surface area (Å²) in [6.07, 6.45) is 9.15. The van der Waals surface area contributed by atoms with E-state index < -0.39 is 0 Å². The van der Waals surface area contributed by atoms with Gasteiger partial charge in [-0.3, -0.25) is 0 Å². The van der Waals surface area contributed by atoms with Crippen molar-refractivity contribution in [3.63, 3.8) is 0 Å². The molecule has 0 aliphatic heterocycles. The van der Waals surface area contributed by atoms with Crippen LogP contribution in [-0.4, -0.2) is 0 Å². The molecule has 0 heterocycles. The lowest BCUT2D eigenvalue weighted by Crippen LogP contribution is -1.88. The Morgan fingerprint density at radius 3 is 2.08 bits per heavy atom. The number of hydrogen-bond donors (Lipinski definition) is 0. The van der Waals surface area contributed by atoms with E-state index in [9.17, 15) is 4.39 Å². The first-order valence-electron chi connectivity index (χ1n) is 9.44. The highest BCUT2D eigenvalue weighted by Gasteiger charge is 2.00. The van der Waals surface area contributed by atoms with Crippen molar-refractivity contribution in [2.75, 3.05) is 0 Å². The smallest absolute Gasteiger partial charge is 0.127 e. The van der Waals surface area contributed by atoms with Crippen molar-refractivity contribution < 1.29 is 9.13 Å². The van der Waals surface area contributed by atoms with Gasteiger partial charge < -0.3 is 4.74 Å². The second-order valence-corrected chi connectivity index (χ2v) is 6.47. The van der Waals surface area contributed by atoms with Crippen molar-refractivity contribution in [3.8, 4) is 11.5 Å². The van der Waals surface area contributed by atoms with Gasteiger partial charge in [0.2, 0.25) is 0 Å². The third kappa shape index (κ3) is 7.13. The van der Waals surface area contributed by atoms with Crippen LogP contribution in [0, 0.1) is 0 Å². The normalized spacial score (nSPS) is 11.6. The van der Waals surface area contributed by atoms with Gasteiger partial charge in [0.1, 0.15) is 17.3 Å². The van der Waals surface area contributed by atoms with E-state index in [1.54, 1.807) is 6.08 Å². The summed E-state index contributed by atoms with van der Waals surface area (Å²) in [6, 6.07) is 15.8. The van der Waals surface area contributed by atoms with Crippen LogP contribution in [0.15, 0.2) is 54.4 Å². The van der Waals surface area contributed by atoms with Crippen molar-refractivity contribution in [1.82, 2.24) is 0 Å². The van der Waals surface area contributed by atoms with Crippen molar-refractivity contribution in [3.05, 3.63) is 65.5 Å². The van der Waals surface area contributed by atoms with E-state index >= 15 is 0 Å². The van der Waals surface area contributed by atoms with Crippen LogP contribution in [0.25, 0.3) is 6.08 Å². The number of rotatable bonds is 10. The third-order valence-corrected chi connectivity index (χ3v) is 4.17. The lowest BCUT2D eigenvalue weighted by atomic mass is 10.1. The fourth-order valence-corrected chi connectivity index (χ4v) is 2.74. The quantitative estimate of drug-likeness (QED) is 0.402. The molecular formula is C23H29FO. The SMILES string of the molecule is CCCCCCc1ccc(Oc2ccc(/C=C(/F)CCC)cc2)cc1. The van der Waals surface area contributed by atoms with E-state index in [4.69, 9.17) is 4.74 Å². The second kappa shape index (κ2) is 10.7. The summed E-state index contributed by atoms with van der Waals surface area (Å²) >= 11 is 0. The Morgan fingerprint density at radius 1 is 0.840 bits per heavy atom. The van der Waals surface area contributed by atoms with Gasteiger partial charge in [-0.2, -0.15) is 0 Å². The molecule has 25 heavy (non-hydrogen) atoms. The summed E-state index contributed by atoms with van der Waals surface area (Å²) in [5, 5.41) is 0. The van der Waals surface area contributed by atoms with Crippen molar-refractivity contribution >= 4 is 6.08 Å². The number of hydrogen-bond acceptors (Lipinski definition) is 1. The molecule has 0 bridgehead atoms. The molecule has 0 aromatic heterocycles. The van der Waals surface area contributed by atoms with Crippen molar-refractivity contribution in [2.24, 2.45) is 0 Å². The maximum Gasteiger partial charge on any atom is 0.127 e. The summed E-state index contributed by atoms with van der Waals surface area (Å²) < 4.78 is 19.4.